The quantitative estimate of drug-likeness (QED) is 0.0488. The molecule has 0 saturated heterocycles. The predicted molar refractivity (Wildman–Crippen MR) is 214 cm³/mol. The molecule has 5 heteroatoms. The van der Waals surface area contributed by atoms with Gasteiger partial charge in [-0.15, -0.1) is 0 Å². The average molecular weight is 685 g/mol. The molecular formula is C40H88O2Si3. The smallest absolute Gasteiger partial charge is 0.311 e. The zero-order valence-corrected chi connectivity index (χ0v) is 36.1. The summed E-state index contributed by atoms with van der Waals surface area (Å²) in [6.45, 7) is 21.5. The highest BCUT2D eigenvalue weighted by Gasteiger charge is 2.39. The summed E-state index contributed by atoms with van der Waals surface area (Å²) in [6, 6.07) is 2.58. The Morgan fingerprint density at radius 1 is 0.356 bits per heavy atom. The van der Waals surface area contributed by atoms with Crippen molar-refractivity contribution in [2.75, 3.05) is 0 Å². The number of hydrogen-bond donors (Lipinski definition) is 0. The third-order valence-electron chi connectivity index (χ3n) is 9.95. The van der Waals surface area contributed by atoms with Gasteiger partial charge in [-0.25, -0.2) is 0 Å². The monoisotopic (exact) mass is 685 g/mol. The van der Waals surface area contributed by atoms with E-state index in [2.05, 4.69) is 60.1 Å². The molecule has 2 nitrogen and oxygen atoms in total. The highest BCUT2D eigenvalue weighted by Crippen LogP contribution is 2.28. The Labute approximate surface area is 290 Å². The molecule has 45 heavy (non-hydrogen) atoms. The maximum Gasteiger partial charge on any atom is 0.311 e. The van der Waals surface area contributed by atoms with Crippen molar-refractivity contribution in [3.63, 3.8) is 0 Å². The van der Waals surface area contributed by atoms with E-state index in [-0.39, 0.29) is 0 Å². The summed E-state index contributed by atoms with van der Waals surface area (Å²) in [6.07, 6.45) is 40.0. The summed E-state index contributed by atoms with van der Waals surface area (Å²) in [4.78, 5) is 0. The van der Waals surface area contributed by atoms with Gasteiger partial charge in [0.05, 0.1) is 0 Å². The van der Waals surface area contributed by atoms with Crippen molar-refractivity contribution >= 4 is 25.2 Å². The summed E-state index contributed by atoms with van der Waals surface area (Å²) in [5.41, 5.74) is 0. The van der Waals surface area contributed by atoms with Crippen LogP contribution in [0.5, 0.6) is 0 Å². The molecule has 1 unspecified atom stereocenters. The molecule has 1 atom stereocenters. The Morgan fingerprint density at radius 3 is 0.978 bits per heavy atom. The van der Waals surface area contributed by atoms with E-state index in [1.807, 2.05) is 0 Å². The zero-order valence-electron chi connectivity index (χ0n) is 33.1. The second kappa shape index (κ2) is 29.5. The highest BCUT2D eigenvalue weighted by molar-refractivity contribution is 6.87. The van der Waals surface area contributed by atoms with Crippen molar-refractivity contribution in [3.8, 4) is 0 Å². The van der Waals surface area contributed by atoms with Crippen LogP contribution in [0.15, 0.2) is 0 Å². The number of rotatable bonds is 35. The molecule has 0 fully saturated rings. The van der Waals surface area contributed by atoms with Crippen LogP contribution in [0.4, 0.5) is 0 Å². The van der Waals surface area contributed by atoms with Crippen molar-refractivity contribution in [1.29, 1.82) is 0 Å². The largest absolute Gasteiger partial charge is 0.437 e. The molecule has 0 aliphatic rings. The first-order chi connectivity index (χ1) is 21.4. The predicted octanol–water partition coefficient (Wildman–Crippen LogP) is 15.7. The minimum absolute atomic E-state index is 0.868. The first-order valence-electron chi connectivity index (χ1n) is 20.8. The molecule has 0 aliphatic heterocycles. The Hall–Kier alpha value is 0.571. The standard InChI is InChI=1S/C40H88O2Si3/c1-10-12-14-16-18-20-21-22-23-24-25-26-28-30-32-34-38-43(4,5)41-45(8,9)42-44(6,7)39-35-37-40(3)36-33-31-29-27-19-17-15-13-11-2/h40H,10-39H2,1-9H3. The summed E-state index contributed by atoms with van der Waals surface area (Å²) >= 11 is 0. The van der Waals surface area contributed by atoms with Gasteiger partial charge in [-0.1, -0.05) is 201 Å². The molecule has 0 aromatic heterocycles. The molecule has 0 rings (SSSR count). The van der Waals surface area contributed by atoms with Gasteiger partial charge in [0.2, 0.25) is 0 Å². The highest BCUT2D eigenvalue weighted by atomic mass is 28.5. The van der Waals surface area contributed by atoms with Gasteiger partial charge in [0, 0.05) is 0 Å². The lowest BCUT2D eigenvalue weighted by Crippen LogP contribution is -2.52. The van der Waals surface area contributed by atoms with E-state index in [9.17, 15) is 0 Å². The lowest BCUT2D eigenvalue weighted by atomic mass is 9.98. The van der Waals surface area contributed by atoms with E-state index >= 15 is 0 Å². The molecule has 0 bridgehead atoms. The van der Waals surface area contributed by atoms with Crippen molar-refractivity contribution < 1.29 is 8.23 Å². The summed E-state index contributed by atoms with van der Waals surface area (Å²) in [5.74, 6) is 0.868. The Morgan fingerprint density at radius 2 is 0.622 bits per heavy atom. The minimum atomic E-state index is -2.08. The van der Waals surface area contributed by atoms with Crippen LogP contribution >= 0.6 is 0 Å². The van der Waals surface area contributed by atoms with Crippen molar-refractivity contribution in [2.45, 2.75) is 252 Å². The van der Waals surface area contributed by atoms with Crippen molar-refractivity contribution in [1.82, 2.24) is 0 Å². The fourth-order valence-electron chi connectivity index (χ4n) is 7.38. The van der Waals surface area contributed by atoms with Crippen LogP contribution in [0.3, 0.4) is 0 Å². The van der Waals surface area contributed by atoms with Gasteiger partial charge in [0.1, 0.15) is 0 Å². The van der Waals surface area contributed by atoms with E-state index in [0.717, 1.165) is 5.92 Å². The van der Waals surface area contributed by atoms with Crippen LogP contribution in [0.2, 0.25) is 51.4 Å². The first-order valence-corrected chi connectivity index (χ1v) is 29.9. The van der Waals surface area contributed by atoms with Gasteiger partial charge < -0.3 is 8.23 Å². The van der Waals surface area contributed by atoms with Crippen molar-refractivity contribution in [3.05, 3.63) is 0 Å². The fourth-order valence-corrected chi connectivity index (χ4v) is 21.5. The van der Waals surface area contributed by atoms with E-state index in [1.54, 1.807) is 0 Å². The van der Waals surface area contributed by atoms with Crippen LogP contribution in [0.1, 0.15) is 201 Å². The fraction of sp³-hybridized carbons (Fsp3) is 1.00. The summed E-state index contributed by atoms with van der Waals surface area (Å²) < 4.78 is 13.8. The molecule has 0 aliphatic carbocycles. The van der Waals surface area contributed by atoms with Crippen LogP contribution in [0, 0.1) is 5.92 Å². The van der Waals surface area contributed by atoms with Gasteiger partial charge in [-0.2, -0.15) is 0 Å². The third kappa shape index (κ3) is 32.9. The van der Waals surface area contributed by atoms with Crippen molar-refractivity contribution in [2.24, 2.45) is 5.92 Å². The van der Waals surface area contributed by atoms with Gasteiger partial charge in [0.25, 0.3) is 0 Å². The van der Waals surface area contributed by atoms with Gasteiger partial charge in [0.15, 0.2) is 16.6 Å². The van der Waals surface area contributed by atoms with Crippen LogP contribution in [0.25, 0.3) is 0 Å². The molecule has 272 valence electrons. The lowest BCUT2D eigenvalue weighted by Gasteiger charge is -2.39. The number of hydrogen-bond acceptors (Lipinski definition) is 2. The third-order valence-corrected chi connectivity index (χ3v) is 21.4. The molecule has 0 aromatic carbocycles. The van der Waals surface area contributed by atoms with E-state index in [1.165, 1.54) is 192 Å². The van der Waals surface area contributed by atoms with E-state index in [4.69, 9.17) is 8.23 Å². The Bertz CT molecular complexity index is 623. The average Bonchev–Trinajstić information content (AvgIpc) is 2.94. The van der Waals surface area contributed by atoms with E-state index in [0.29, 0.717) is 0 Å². The second-order valence-electron chi connectivity index (χ2n) is 16.8. The second-order valence-corrected chi connectivity index (χ2v) is 29.3. The lowest BCUT2D eigenvalue weighted by molar-refractivity contribution is 0.383. The van der Waals surface area contributed by atoms with Gasteiger partial charge in [-0.05, 0) is 57.3 Å². The molecule has 0 spiro atoms. The topological polar surface area (TPSA) is 18.5 Å². The zero-order chi connectivity index (χ0) is 33.7. The van der Waals surface area contributed by atoms with Gasteiger partial charge in [-0.3, -0.25) is 0 Å². The Kier molecular flexibility index (Phi) is 29.9. The van der Waals surface area contributed by atoms with Crippen LogP contribution in [-0.2, 0) is 8.23 Å². The molecule has 0 heterocycles. The van der Waals surface area contributed by atoms with Gasteiger partial charge >= 0.3 is 8.56 Å². The normalized spacial score (nSPS) is 13.5. The molecule has 0 amide bonds. The summed E-state index contributed by atoms with van der Waals surface area (Å²) in [5, 5.41) is 0. The molecular weight excluding hydrogens is 597 g/mol. The maximum absolute atomic E-state index is 6.93. The molecule has 0 aromatic rings. The molecule has 0 radical (unpaired) electrons. The maximum atomic E-state index is 6.93. The summed E-state index contributed by atoms with van der Waals surface area (Å²) in [7, 11) is -5.44. The minimum Gasteiger partial charge on any atom is -0.437 e. The van der Waals surface area contributed by atoms with Crippen LogP contribution in [-0.4, -0.2) is 25.2 Å². The van der Waals surface area contributed by atoms with Crippen LogP contribution < -0.4 is 0 Å². The molecule has 0 saturated carbocycles. The first kappa shape index (κ1) is 45.6. The number of unbranched alkanes of at least 4 members (excludes halogenated alkanes) is 23. The SMILES string of the molecule is CCCCCCCCCCCCCCCCCC[Si](C)(C)O[Si](C)(C)O[Si](C)(C)CCCC(C)CCCCCCCCCCC. The molecule has 0 N–H and O–H groups in total. The van der Waals surface area contributed by atoms with E-state index < -0.39 is 25.2 Å². The Balaban J connectivity index is 3.88.